The largest absolute Gasteiger partial charge is 0.497 e. The summed E-state index contributed by atoms with van der Waals surface area (Å²) in [5, 5.41) is 0. The fraction of sp³-hybridized carbons (Fsp3) is 0.300. The molecule has 2 unspecified atom stereocenters. The molecule has 3 aliphatic rings. The highest BCUT2D eigenvalue weighted by Gasteiger charge is 2.55. The minimum absolute atomic E-state index is 0.0194. The van der Waals surface area contributed by atoms with Gasteiger partial charge in [-0.15, -0.1) is 0 Å². The van der Waals surface area contributed by atoms with Gasteiger partial charge in [0.05, 0.1) is 37.8 Å². The van der Waals surface area contributed by atoms with Crippen molar-refractivity contribution < 1.29 is 64.6 Å². The number of rotatable bonds is 9. The monoisotopic (exact) mass is 971 g/mol. The molecule has 3 aromatic heterocycles. The molecule has 0 bridgehead atoms. The Morgan fingerprint density at radius 2 is 1.53 bits per heavy atom. The number of phosphoric acid groups is 1. The van der Waals surface area contributed by atoms with Crippen LogP contribution in [0.1, 0.15) is 28.4 Å². The quantitative estimate of drug-likeness (QED) is 0.0944. The van der Waals surface area contributed by atoms with Gasteiger partial charge in [0.1, 0.15) is 47.8 Å². The number of H-pyrrole nitrogens is 1. The number of halogens is 2. The molecular weight excluding hydrogens is 934 g/mol. The Balaban J connectivity index is 1.01. The molecule has 4 N–H and O–H groups in total. The lowest BCUT2D eigenvalue weighted by atomic mass is 10.1. The highest BCUT2D eigenvalue weighted by Crippen LogP contribution is 2.65. The minimum atomic E-state index is -5.28. The highest BCUT2D eigenvalue weighted by atomic mass is 32.7. The first-order valence-electron chi connectivity index (χ1n) is 19.8. The molecule has 6 heterocycles. The van der Waals surface area contributed by atoms with Crippen molar-refractivity contribution in [1.82, 2.24) is 29.1 Å². The summed E-state index contributed by atoms with van der Waals surface area (Å²) in [7, 11) is -3.79. The third kappa shape index (κ3) is 9.34. The third-order valence-electron chi connectivity index (χ3n) is 10.7. The van der Waals surface area contributed by atoms with Gasteiger partial charge in [0.25, 0.3) is 5.56 Å². The summed E-state index contributed by atoms with van der Waals surface area (Å²) < 4.78 is 109. The van der Waals surface area contributed by atoms with Crippen LogP contribution in [-0.4, -0.2) is 97.0 Å². The molecule has 3 fully saturated rings. The van der Waals surface area contributed by atoms with E-state index < -0.39 is 94.3 Å². The number of esters is 1. The Hall–Kier alpha value is -5.65. The van der Waals surface area contributed by atoms with Crippen LogP contribution in [0, 0.1) is 0 Å². The SMILES string of the molecule is COc1ccc(C(=O)Oc2ccc(CSP3(=O)OC[C@H]4O[C@@H](n5cnc6c(N)ncnc65)[C@H](F)[C@@H]4OP(=O)(O)OC[C@H]4O[C@@H](n5cc(-c6ccccc6)c(=O)[nH]c5=O)[C@H](F)[C@@H]4O3)cc2)cc1. The van der Waals surface area contributed by atoms with Crippen LogP contribution in [0.15, 0.2) is 107 Å². The van der Waals surface area contributed by atoms with Crippen LogP contribution < -0.4 is 26.5 Å². The predicted molar refractivity (Wildman–Crippen MR) is 229 cm³/mol. The van der Waals surface area contributed by atoms with Gasteiger partial charge in [-0.3, -0.25) is 37.0 Å². The molecule has 346 valence electrons. The molecule has 3 aliphatic heterocycles. The molecule has 21 nitrogen and oxygen atoms in total. The first-order valence-corrected chi connectivity index (χ1v) is 24.4. The summed E-state index contributed by atoms with van der Waals surface area (Å²) in [6.07, 6.45) is -11.9. The highest BCUT2D eigenvalue weighted by molar-refractivity contribution is 8.54. The maximum absolute atomic E-state index is 16.9. The van der Waals surface area contributed by atoms with Crippen LogP contribution >= 0.6 is 26.0 Å². The number of aromatic amines is 1. The summed E-state index contributed by atoms with van der Waals surface area (Å²) in [6.45, 7) is -6.50. The van der Waals surface area contributed by atoms with Gasteiger partial charge in [-0.25, -0.2) is 42.5 Å². The number of methoxy groups -OCH3 is 1. The van der Waals surface area contributed by atoms with Crippen molar-refractivity contribution in [3.63, 3.8) is 0 Å². The Morgan fingerprint density at radius 3 is 2.23 bits per heavy atom. The summed E-state index contributed by atoms with van der Waals surface area (Å²) in [5.41, 5.74) is 5.33. The molecule has 0 amide bonds. The number of imidazole rings is 1. The van der Waals surface area contributed by atoms with Gasteiger partial charge in [-0.2, -0.15) is 0 Å². The van der Waals surface area contributed by atoms with E-state index in [0.29, 0.717) is 28.3 Å². The number of carbonyl (C=O) groups is 1. The number of fused-ring (bicyclic) bond motifs is 3. The molecule has 0 radical (unpaired) electrons. The van der Waals surface area contributed by atoms with Crippen LogP contribution in [-0.2, 0) is 42.5 Å². The van der Waals surface area contributed by atoms with Gasteiger partial charge in [0, 0.05) is 11.9 Å². The lowest BCUT2D eigenvalue weighted by molar-refractivity contribution is -0.0619. The summed E-state index contributed by atoms with van der Waals surface area (Å²) in [6, 6.07) is 20.6. The summed E-state index contributed by atoms with van der Waals surface area (Å²) >= 11 is 0.585. The number of benzene rings is 3. The number of nitrogens with zero attached hydrogens (tertiary/aromatic N) is 5. The van der Waals surface area contributed by atoms with Gasteiger partial charge >= 0.3 is 26.3 Å². The number of hydrogen-bond acceptors (Lipinski definition) is 18. The molecule has 3 aromatic carbocycles. The Morgan fingerprint density at radius 1 is 0.879 bits per heavy atom. The van der Waals surface area contributed by atoms with Crippen LogP contribution in [0.25, 0.3) is 22.3 Å². The lowest BCUT2D eigenvalue weighted by Crippen LogP contribution is -2.38. The second-order valence-electron chi connectivity index (χ2n) is 14.9. The van der Waals surface area contributed by atoms with E-state index >= 15 is 8.78 Å². The zero-order valence-electron chi connectivity index (χ0n) is 34.1. The summed E-state index contributed by atoms with van der Waals surface area (Å²) in [4.78, 5) is 64.0. The van der Waals surface area contributed by atoms with Crippen molar-refractivity contribution >= 4 is 49.0 Å². The van der Waals surface area contributed by atoms with E-state index in [9.17, 15) is 28.4 Å². The molecule has 10 atom stereocenters. The lowest BCUT2D eigenvalue weighted by Gasteiger charge is -2.29. The standard InChI is InChI=1S/C40H37F2N7O14P2S/c1-56-24-13-9-23(10-14-24)39(51)59-25-11-7-21(8-12-25)18-66-65(55)58-17-28-32(29(41)38(61-28)49-20-46-31-34(43)44-19-45-35(31)49)62-64(53,54)57-16-27-33(63-65)30(42)37(60-27)48-15-26(36(50)47-40(48)52)22-5-3-2-4-6-22/h2-15,19-20,27-30,32-33,37-38H,16-18H2,1H3,(H,53,54)(H2,43,44,45)(H,47,50,52)/t27-,28-,29-,30-,32-,33-,37-,38-,65?/m1/s1. The third-order valence-corrected chi connectivity index (χ3v) is 15.3. The van der Waals surface area contributed by atoms with Gasteiger partial charge < -0.3 is 29.6 Å². The molecule has 0 spiro atoms. The molecular formula is C40H37F2N7O14P2S. The second kappa shape index (κ2) is 18.6. The molecule has 3 saturated heterocycles. The molecule has 0 saturated carbocycles. The Kier molecular flexibility index (Phi) is 12.8. The summed E-state index contributed by atoms with van der Waals surface area (Å²) in [5.74, 6) is -0.0570. The number of alkyl halides is 2. The zero-order valence-corrected chi connectivity index (χ0v) is 36.7. The van der Waals surface area contributed by atoms with Crippen LogP contribution in [0.2, 0.25) is 0 Å². The zero-order chi connectivity index (χ0) is 46.3. The van der Waals surface area contributed by atoms with Crippen LogP contribution in [0.4, 0.5) is 14.6 Å². The smallest absolute Gasteiger partial charge is 0.472 e. The van der Waals surface area contributed by atoms with Crippen molar-refractivity contribution in [2.75, 3.05) is 26.1 Å². The van der Waals surface area contributed by atoms with E-state index in [1.165, 1.54) is 37.7 Å². The van der Waals surface area contributed by atoms with E-state index in [1.807, 2.05) is 0 Å². The van der Waals surface area contributed by atoms with Gasteiger partial charge in [0.2, 0.25) is 0 Å². The van der Waals surface area contributed by atoms with Gasteiger partial charge in [-0.05, 0) is 58.9 Å². The van der Waals surface area contributed by atoms with Gasteiger partial charge in [-0.1, -0.05) is 42.5 Å². The maximum atomic E-state index is 16.9. The fourth-order valence-corrected chi connectivity index (χ4v) is 11.7. The van der Waals surface area contributed by atoms with Crippen molar-refractivity contribution in [2.24, 2.45) is 0 Å². The number of aromatic nitrogens is 6. The number of carbonyl (C=O) groups excluding carboxylic acids is 1. The van der Waals surface area contributed by atoms with Crippen LogP contribution in [0.3, 0.4) is 0 Å². The predicted octanol–water partition coefficient (Wildman–Crippen LogP) is 5.28. The fourth-order valence-electron chi connectivity index (χ4n) is 7.37. The van der Waals surface area contributed by atoms with E-state index in [2.05, 4.69) is 19.9 Å². The average molecular weight is 972 g/mol. The number of nitrogens with one attached hydrogen (secondary N) is 1. The first kappa shape index (κ1) is 45.5. The van der Waals surface area contributed by atoms with E-state index in [4.69, 9.17) is 42.8 Å². The van der Waals surface area contributed by atoms with Crippen molar-refractivity contribution in [1.29, 1.82) is 0 Å². The maximum Gasteiger partial charge on any atom is 0.472 e. The Labute approximate surface area is 375 Å². The minimum Gasteiger partial charge on any atom is -0.497 e. The topological polar surface area (TPSA) is 270 Å². The second-order valence-corrected chi connectivity index (χ2v) is 20.3. The number of ether oxygens (including phenoxy) is 4. The number of nitrogens with two attached hydrogens (primary N) is 1. The number of phosphoric ester groups is 1. The molecule has 9 rings (SSSR count). The molecule has 0 aliphatic carbocycles. The number of nitrogen functional groups attached to an aromatic ring is 1. The Bertz CT molecular complexity index is 2970. The molecule has 66 heavy (non-hydrogen) atoms. The van der Waals surface area contributed by atoms with Crippen molar-refractivity contribution in [3.05, 3.63) is 130 Å². The van der Waals surface area contributed by atoms with Gasteiger partial charge in [0.15, 0.2) is 36.3 Å². The molecule has 6 aromatic rings. The first-order chi connectivity index (χ1) is 31.7. The normalized spacial score (nSPS) is 29.0. The van der Waals surface area contributed by atoms with E-state index in [1.54, 1.807) is 54.6 Å². The molecule has 26 heteroatoms. The number of anilines is 1. The van der Waals surface area contributed by atoms with E-state index in [0.717, 1.165) is 21.7 Å². The van der Waals surface area contributed by atoms with E-state index in [-0.39, 0.29) is 39.6 Å². The van der Waals surface area contributed by atoms with Crippen molar-refractivity contribution in [2.45, 2.75) is 55.0 Å². The average Bonchev–Trinajstić information content (AvgIpc) is 3.97. The number of hydrogen-bond donors (Lipinski definition) is 3. The van der Waals surface area contributed by atoms with Crippen molar-refractivity contribution in [3.8, 4) is 22.6 Å². The van der Waals surface area contributed by atoms with Crippen LogP contribution in [0.5, 0.6) is 11.5 Å².